The molecule has 0 aliphatic carbocycles. The van der Waals surface area contributed by atoms with Gasteiger partial charge in [0.25, 0.3) is 0 Å². The van der Waals surface area contributed by atoms with Crippen molar-refractivity contribution in [1.29, 1.82) is 0 Å². The lowest BCUT2D eigenvalue weighted by Gasteiger charge is -2.32. The van der Waals surface area contributed by atoms with Crippen LogP contribution in [0.2, 0.25) is 0 Å². The highest BCUT2D eigenvalue weighted by molar-refractivity contribution is 7.80. The van der Waals surface area contributed by atoms with Crippen LogP contribution in [0.25, 0.3) is 0 Å². The van der Waals surface area contributed by atoms with Gasteiger partial charge >= 0.3 is 0 Å². The normalized spacial score (nSPS) is 15.6. The van der Waals surface area contributed by atoms with Gasteiger partial charge < -0.3 is 4.90 Å². The van der Waals surface area contributed by atoms with E-state index < -0.39 is 0 Å². The molecule has 0 radical (unpaired) electrons. The summed E-state index contributed by atoms with van der Waals surface area (Å²) in [5.74, 6) is 0. The molecular formula is C13H28N2S. The highest BCUT2D eigenvalue weighted by Gasteiger charge is 2.16. The van der Waals surface area contributed by atoms with Crippen LogP contribution >= 0.6 is 12.6 Å². The van der Waals surface area contributed by atoms with Gasteiger partial charge in [-0.05, 0) is 52.3 Å². The molecule has 0 saturated heterocycles. The van der Waals surface area contributed by atoms with Crippen molar-refractivity contribution < 1.29 is 0 Å². The van der Waals surface area contributed by atoms with E-state index >= 15 is 0 Å². The summed E-state index contributed by atoms with van der Waals surface area (Å²) in [5.41, 5.74) is 1.56. The maximum Gasteiger partial charge on any atom is 0.0276 e. The molecule has 0 heterocycles. The third kappa shape index (κ3) is 7.29. The molecule has 0 bridgehead atoms. The minimum absolute atomic E-state index is 0.246. The highest BCUT2D eigenvalue weighted by Crippen LogP contribution is 2.12. The first kappa shape index (κ1) is 16.0. The first-order chi connectivity index (χ1) is 7.27. The Kier molecular flexibility index (Phi) is 7.32. The van der Waals surface area contributed by atoms with Gasteiger partial charge in [-0.2, -0.15) is 12.6 Å². The van der Waals surface area contributed by atoms with E-state index in [-0.39, 0.29) is 5.54 Å². The van der Waals surface area contributed by atoms with Gasteiger partial charge in [0, 0.05) is 24.8 Å². The Hall–Kier alpha value is -0.0200. The van der Waals surface area contributed by atoms with E-state index in [0.717, 1.165) is 25.8 Å². The summed E-state index contributed by atoms with van der Waals surface area (Å²) >= 11 is 4.40. The molecular weight excluding hydrogens is 216 g/mol. The second-order valence-electron chi connectivity index (χ2n) is 5.52. The van der Waals surface area contributed by atoms with E-state index in [2.05, 4.69) is 57.3 Å². The molecule has 96 valence electrons. The summed E-state index contributed by atoms with van der Waals surface area (Å²) in [6, 6.07) is 0. The van der Waals surface area contributed by atoms with Crippen molar-refractivity contribution in [1.82, 2.24) is 4.90 Å². The van der Waals surface area contributed by atoms with Crippen molar-refractivity contribution in [2.24, 2.45) is 4.99 Å². The fourth-order valence-electron chi connectivity index (χ4n) is 1.36. The van der Waals surface area contributed by atoms with Gasteiger partial charge in [0.05, 0.1) is 0 Å². The molecule has 0 saturated carbocycles. The van der Waals surface area contributed by atoms with E-state index in [9.17, 15) is 0 Å². The number of aliphatic imine (C=N–C) groups is 1. The molecule has 1 unspecified atom stereocenters. The monoisotopic (exact) mass is 244 g/mol. The molecule has 0 fully saturated rings. The zero-order chi connectivity index (χ0) is 12.8. The molecule has 0 aromatic carbocycles. The number of rotatable bonds is 6. The standard InChI is InChI=1S/C13H28N2S/c1-11(16)7-8-12(14-5)9-10-15(6)13(2,3)4/h11,16H,7-10H2,1-6H3. The maximum atomic E-state index is 4.40. The third-order valence-electron chi connectivity index (χ3n) is 3.05. The lowest BCUT2D eigenvalue weighted by molar-refractivity contribution is 0.180. The summed E-state index contributed by atoms with van der Waals surface area (Å²) < 4.78 is 0. The van der Waals surface area contributed by atoms with Crippen molar-refractivity contribution in [2.75, 3.05) is 20.6 Å². The van der Waals surface area contributed by atoms with E-state index in [1.165, 1.54) is 5.71 Å². The number of nitrogens with zero attached hydrogens (tertiary/aromatic N) is 2. The van der Waals surface area contributed by atoms with Gasteiger partial charge in [0.1, 0.15) is 0 Å². The quantitative estimate of drug-likeness (QED) is 0.560. The van der Waals surface area contributed by atoms with Crippen LogP contribution in [-0.2, 0) is 0 Å². The van der Waals surface area contributed by atoms with Gasteiger partial charge in [-0.3, -0.25) is 4.99 Å². The zero-order valence-electron chi connectivity index (χ0n) is 11.7. The molecule has 0 rings (SSSR count). The predicted octanol–water partition coefficient (Wildman–Crippen LogP) is 3.28. The van der Waals surface area contributed by atoms with Crippen LogP contribution in [-0.4, -0.2) is 42.0 Å². The first-order valence-electron chi connectivity index (χ1n) is 6.11. The molecule has 0 aromatic rings. The molecule has 0 spiro atoms. The maximum absolute atomic E-state index is 4.40. The SMILES string of the molecule is CN=C(CCC(C)S)CCN(C)C(C)(C)C. The molecule has 0 N–H and O–H groups in total. The summed E-state index contributed by atoms with van der Waals surface area (Å²) in [7, 11) is 4.07. The predicted molar refractivity (Wildman–Crippen MR) is 78.0 cm³/mol. The number of hydrogen-bond donors (Lipinski definition) is 1. The summed E-state index contributed by atoms with van der Waals surface area (Å²) in [6.45, 7) is 9.94. The molecule has 0 aliphatic rings. The summed E-state index contributed by atoms with van der Waals surface area (Å²) in [6.07, 6.45) is 3.28. The van der Waals surface area contributed by atoms with Crippen molar-refractivity contribution >= 4 is 18.3 Å². The van der Waals surface area contributed by atoms with Crippen LogP contribution in [0, 0.1) is 0 Å². The van der Waals surface area contributed by atoms with E-state index in [0.29, 0.717) is 5.25 Å². The van der Waals surface area contributed by atoms with Crippen LogP contribution in [0.1, 0.15) is 47.0 Å². The Bertz CT molecular complexity index is 216. The zero-order valence-corrected chi connectivity index (χ0v) is 12.6. The lowest BCUT2D eigenvalue weighted by Crippen LogP contribution is -2.39. The Balaban J connectivity index is 3.98. The Labute approximate surface area is 107 Å². The molecule has 2 nitrogen and oxygen atoms in total. The Morgan fingerprint density at radius 3 is 2.25 bits per heavy atom. The average molecular weight is 244 g/mol. The third-order valence-corrected chi connectivity index (χ3v) is 3.31. The van der Waals surface area contributed by atoms with E-state index in [1.807, 2.05) is 7.05 Å². The average Bonchev–Trinajstić information content (AvgIpc) is 2.15. The van der Waals surface area contributed by atoms with Crippen molar-refractivity contribution in [3.8, 4) is 0 Å². The van der Waals surface area contributed by atoms with Crippen molar-refractivity contribution in [3.63, 3.8) is 0 Å². The molecule has 3 heteroatoms. The van der Waals surface area contributed by atoms with Crippen LogP contribution < -0.4 is 0 Å². The minimum atomic E-state index is 0.246. The first-order valence-corrected chi connectivity index (χ1v) is 6.63. The van der Waals surface area contributed by atoms with Gasteiger partial charge in [0.2, 0.25) is 0 Å². The Morgan fingerprint density at radius 2 is 1.88 bits per heavy atom. The fraction of sp³-hybridized carbons (Fsp3) is 0.923. The van der Waals surface area contributed by atoms with Crippen molar-refractivity contribution in [2.45, 2.75) is 57.7 Å². The second-order valence-corrected chi connectivity index (χ2v) is 6.40. The van der Waals surface area contributed by atoms with Crippen LogP contribution in [0.15, 0.2) is 4.99 Å². The molecule has 16 heavy (non-hydrogen) atoms. The molecule has 0 aliphatic heterocycles. The molecule has 1 atom stereocenters. The lowest BCUT2D eigenvalue weighted by atomic mass is 10.0. The molecule has 0 amide bonds. The summed E-state index contributed by atoms with van der Waals surface area (Å²) in [4.78, 5) is 6.75. The van der Waals surface area contributed by atoms with Gasteiger partial charge in [0.15, 0.2) is 0 Å². The Morgan fingerprint density at radius 1 is 1.31 bits per heavy atom. The smallest absolute Gasteiger partial charge is 0.0276 e. The number of hydrogen-bond acceptors (Lipinski definition) is 3. The summed E-state index contributed by atoms with van der Waals surface area (Å²) in [5, 5.41) is 0.470. The topological polar surface area (TPSA) is 15.6 Å². The minimum Gasteiger partial charge on any atom is -0.301 e. The largest absolute Gasteiger partial charge is 0.301 e. The van der Waals surface area contributed by atoms with Gasteiger partial charge in [-0.15, -0.1) is 0 Å². The van der Waals surface area contributed by atoms with E-state index in [1.54, 1.807) is 0 Å². The van der Waals surface area contributed by atoms with Gasteiger partial charge in [-0.25, -0.2) is 0 Å². The fourth-order valence-corrected chi connectivity index (χ4v) is 1.49. The van der Waals surface area contributed by atoms with Crippen LogP contribution in [0.3, 0.4) is 0 Å². The highest BCUT2D eigenvalue weighted by atomic mass is 32.1. The van der Waals surface area contributed by atoms with E-state index in [4.69, 9.17) is 0 Å². The van der Waals surface area contributed by atoms with Crippen LogP contribution in [0.4, 0.5) is 0 Å². The molecule has 0 aromatic heterocycles. The van der Waals surface area contributed by atoms with Crippen LogP contribution in [0.5, 0.6) is 0 Å². The number of thiol groups is 1. The second kappa shape index (κ2) is 7.33. The van der Waals surface area contributed by atoms with Crippen molar-refractivity contribution in [3.05, 3.63) is 0 Å². The van der Waals surface area contributed by atoms with Gasteiger partial charge in [-0.1, -0.05) is 6.92 Å².